The normalized spacial score (nSPS) is 15.5. The molecule has 7 aromatic carbocycles. The molecule has 10 aromatic rings. The van der Waals surface area contributed by atoms with Crippen molar-refractivity contribution in [1.29, 1.82) is 0 Å². The van der Waals surface area contributed by atoms with E-state index in [1.54, 1.807) is 29.0 Å². The van der Waals surface area contributed by atoms with Crippen LogP contribution in [0.5, 0.6) is 11.5 Å². The van der Waals surface area contributed by atoms with E-state index in [9.17, 15) is 1.37 Å². The highest BCUT2D eigenvalue weighted by molar-refractivity contribution is 6.09. The molecule has 0 fully saturated rings. The van der Waals surface area contributed by atoms with Crippen LogP contribution in [0.15, 0.2) is 176 Å². The molecular formula is C59H54N4O. The van der Waals surface area contributed by atoms with Crippen LogP contribution in [0.3, 0.4) is 0 Å². The first-order valence-electron chi connectivity index (χ1n) is 26.9. The molecule has 10 rings (SSSR count). The maximum Gasteiger partial charge on any atom is 0.269 e. The number of hydrogen-bond acceptors (Lipinski definition) is 2. The third kappa shape index (κ3) is 7.35. The molecule has 316 valence electrons. The van der Waals surface area contributed by atoms with E-state index in [0.717, 1.165) is 32.9 Å². The number of fused-ring (bicyclic) bond motifs is 4. The molecule has 0 aliphatic carbocycles. The lowest BCUT2D eigenvalue weighted by Crippen LogP contribution is -2.32. The minimum atomic E-state index is -0.914. The van der Waals surface area contributed by atoms with Crippen molar-refractivity contribution < 1.29 is 24.4 Å². The van der Waals surface area contributed by atoms with Crippen LogP contribution in [0.4, 0.5) is 0 Å². The molecule has 3 aromatic heterocycles. The number of para-hydroxylation sites is 2. The highest BCUT2D eigenvalue weighted by Crippen LogP contribution is 2.40. The predicted molar refractivity (Wildman–Crippen MR) is 264 cm³/mol. The average Bonchev–Trinajstić information content (AvgIpc) is 3.95. The summed E-state index contributed by atoms with van der Waals surface area (Å²) in [4.78, 5) is 4.89. The number of aryl methyl sites for hydroxylation is 1. The predicted octanol–water partition coefficient (Wildman–Crippen LogP) is 15.1. The molecule has 0 bridgehead atoms. The first-order chi connectivity index (χ1) is 35.3. The Morgan fingerprint density at radius 3 is 2.03 bits per heavy atom. The minimum absolute atomic E-state index is 0.102. The molecule has 0 N–H and O–H groups in total. The molecule has 0 radical (unpaired) electrons. The lowest BCUT2D eigenvalue weighted by molar-refractivity contribution is -0.571. The number of imidazole rings is 1. The summed E-state index contributed by atoms with van der Waals surface area (Å²) in [6.07, 6.45) is 5.26. The van der Waals surface area contributed by atoms with Crippen LogP contribution < -0.4 is 9.30 Å². The van der Waals surface area contributed by atoms with E-state index >= 15 is 0 Å². The van der Waals surface area contributed by atoms with Crippen LogP contribution in [0.1, 0.15) is 86.1 Å². The molecule has 0 amide bonds. The first-order valence-corrected chi connectivity index (χ1v) is 21.4. The van der Waals surface area contributed by atoms with Gasteiger partial charge in [0.05, 0.1) is 47.1 Å². The second-order valence-electron chi connectivity index (χ2n) is 18.3. The zero-order chi connectivity index (χ0) is 54.0. The summed E-state index contributed by atoms with van der Waals surface area (Å²) in [5.74, 6) is 0.815. The van der Waals surface area contributed by atoms with Crippen molar-refractivity contribution in [3.8, 4) is 50.9 Å². The van der Waals surface area contributed by atoms with Gasteiger partial charge >= 0.3 is 0 Å². The number of rotatable bonds is 8. The van der Waals surface area contributed by atoms with Crippen molar-refractivity contribution in [1.82, 2.24) is 14.1 Å². The van der Waals surface area contributed by atoms with Crippen LogP contribution in [0, 0.1) is 18.7 Å². The highest BCUT2D eigenvalue weighted by Gasteiger charge is 2.25. The molecule has 0 saturated carbocycles. The monoisotopic (exact) mass is 845 g/mol. The van der Waals surface area contributed by atoms with E-state index in [2.05, 4.69) is 76.7 Å². The molecule has 5 heteroatoms. The van der Waals surface area contributed by atoms with Crippen molar-refractivity contribution >= 4 is 32.8 Å². The SMILES string of the molecule is [2H]c1c([2H])c([2H])c(-c2cccc(-c3c([2H])c([2H])c([2H])c([2H])c3[2H])c2-[n+]2[c-]n(-c3cccc(Oc4ccc5c6cc(C(C)(C)C)ccc6n(-c6cc(C([2H])(C)C(C)(C)C)ccn6)c5c4)c3)c3cccc(C)c32)c([2H])c1[2H]. The number of ether oxygens (including phenoxy) is 1. The van der Waals surface area contributed by atoms with Gasteiger partial charge in [0.1, 0.15) is 17.3 Å². The Kier molecular flexibility index (Phi) is 7.41. The Morgan fingerprint density at radius 1 is 0.672 bits per heavy atom. The van der Waals surface area contributed by atoms with Gasteiger partial charge in [0.2, 0.25) is 0 Å². The number of pyridine rings is 1. The molecule has 3 heterocycles. The van der Waals surface area contributed by atoms with Gasteiger partial charge in [-0.15, -0.1) is 0 Å². The van der Waals surface area contributed by atoms with E-state index in [1.165, 1.54) is 5.56 Å². The highest BCUT2D eigenvalue weighted by atomic mass is 16.5. The number of nitrogens with zero attached hydrogens (tertiary/aromatic N) is 4. The van der Waals surface area contributed by atoms with E-state index in [1.807, 2.05) is 85.1 Å². The number of benzene rings is 7. The zero-order valence-corrected chi connectivity index (χ0v) is 37.2. The summed E-state index contributed by atoms with van der Waals surface area (Å²) < 4.78 is 109. The Morgan fingerprint density at radius 2 is 1.34 bits per heavy atom. The summed E-state index contributed by atoms with van der Waals surface area (Å²) in [5.41, 5.74) is 6.27. The lowest BCUT2D eigenvalue weighted by Gasteiger charge is -2.27. The van der Waals surface area contributed by atoms with Gasteiger partial charge in [-0.3, -0.25) is 13.7 Å². The van der Waals surface area contributed by atoms with Crippen LogP contribution in [0.2, 0.25) is 0 Å². The Balaban J connectivity index is 1.16. The Hall–Kier alpha value is -7.24. The maximum atomic E-state index is 9.44. The van der Waals surface area contributed by atoms with Gasteiger partial charge < -0.3 is 4.74 Å². The van der Waals surface area contributed by atoms with Gasteiger partial charge in [-0.2, -0.15) is 0 Å². The van der Waals surface area contributed by atoms with E-state index < -0.39 is 66.3 Å². The number of hydrogen-bond donors (Lipinski definition) is 0. The quantitative estimate of drug-likeness (QED) is 0.113. The standard InChI is InChI=1S/C59H54N4O/c1-39-18-15-27-53-56(39)62(57-48(41-19-11-9-12-20-41)25-17-26-49(57)42-21-13-10-14-22-42)38-61(53)45-23-16-24-46(36-45)64-47-29-30-50-51-35-44(59(6,7)8)28-31-52(51)63(54(50)37-47)55-34-43(32-33-60-55)40(2)58(3,4)5/h9-37,40H,1-8H3/i9D,10D,11D,12D,13D,14D,19D,20D,21D,22D,40D. The Bertz CT molecular complexity index is 3870. The van der Waals surface area contributed by atoms with E-state index in [0.29, 0.717) is 34.0 Å². The van der Waals surface area contributed by atoms with Crippen molar-refractivity contribution in [3.05, 3.63) is 199 Å². The van der Waals surface area contributed by atoms with Crippen LogP contribution in [-0.4, -0.2) is 14.1 Å². The van der Waals surface area contributed by atoms with Gasteiger partial charge in [0, 0.05) is 24.4 Å². The molecule has 1 unspecified atom stereocenters. The molecule has 1 atom stereocenters. The largest absolute Gasteiger partial charge is 0.458 e. The van der Waals surface area contributed by atoms with Gasteiger partial charge in [-0.05, 0) is 117 Å². The first kappa shape index (κ1) is 30.0. The second-order valence-corrected chi connectivity index (χ2v) is 18.3. The van der Waals surface area contributed by atoms with Gasteiger partial charge in [-0.25, -0.2) is 4.98 Å². The summed E-state index contributed by atoms with van der Waals surface area (Å²) >= 11 is 0. The van der Waals surface area contributed by atoms with Crippen molar-refractivity contribution in [2.75, 3.05) is 0 Å². The lowest BCUT2D eigenvalue weighted by atomic mass is 9.78. The topological polar surface area (TPSA) is 35.9 Å². The molecule has 5 nitrogen and oxygen atoms in total. The summed E-state index contributed by atoms with van der Waals surface area (Å²) in [6, 6.07) is 29.2. The van der Waals surface area contributed by atoms with Crippen LogP contribution >= 0.6 is 0 Å². The summed E-state index contributed by atoms with van der Waals surface area (Å²) in [7, 11) is 0. The average molecular weight is 846 g/mol. The van der Waals surface area contributed by atoms with Crippen LogP contribution in [-0.2, 0) is 5.41 Å². The van der Waals surface area contributed by atoms with Crippen molar-refractivity contribution in [3.63, 3.8) is 0 Å². The van der Waals surface area contributed by atoms with Gasteiger partial charge in [0.25, 0.3) is 6.33 Å². The molecule has 0 aliphatic rings. The smallest absolute Gasteiger partial charge is 0.269 e. The van der Waals surface area contributed by atoms with Crippen molar-refractivity contribution in [2.45, 2.75) is 66.7 Å². The second kappa shape index (κ2) is 15.8. The van der Waals surface area contributed by atoms with E-state index in [-0.39, 0.29) is 38.8 Å². The van der Waals surface area contributed by atoms with E-state index in [4.69, 9.17) is 23.4 Å². The summed E-state index contributed by atoms with van der Waals surface area (Å²) in [5, 5.41) is 2.07. The van der Waals surface area contributed by atoms with Gasteiger partial charge in [-0.1, -0.05) is 157 Å². The van der Waals surface area contributed by atoms with Gasteiger partial charge in [0.15, 0.2) is 0 Å². The molecule has 0 spiro atoms. The molecule has 0 saturated heterocycles. The molecular weight excluding hydrogens is 781 g/mol. The summed E-state index contributed by atoms with van der Waals surface area (Å²) in [6.45, 7) is 16.6. The number of aromatic nitrogens is 4. The fourth-order valence-corrected chi connectivity index (χ4v) is 8.44. The maximum absolute atomic E-state index is 9.44. The Labute approximate surface area is 392 Å². The van der Waals surface area contributed by atoms with Crippen molar-refractivity contribution in [2.24, 2.45) is 5.41 Å². The molecule has 0 aliphatic heterocycles. The third-order valence-electron chi connectivity index (χ3n) is 12.1. The van der Waals surface area contributed by atoms with Crippen LogP contribution in [0.25, 0.3) is 72.3 Å². The minimum Gasteiger partial charge on any atom is -0.458 e. The third-order valence-corrected chi connectivity index (χ3v) is 12.1. The fraction of sp³-hybridized carbons (Fsp3) is 0.186. The zero-order valence-electron chi connectivity index (χ0n) is 48.2. The fourth-order valence-electron chi connectivity index (χ4n) is 8.44. The molecule has 64 heavy (non-hydrogen) atoms.